The fourth-order valence-corrected chi connectivity index (χ4v) is 4.02. The van der Waals surface area contributed by atoms with E-state index in [1.54, 1.807) is 0 Å². The van der Waals surface area contributed by atoms with Crippen LogP contribution in [0.3, 0.4) is 0 Å². The van der Waals surface area contributed by atoms with E-state index >= 15 is 0 Å². The second kappa shape index (κ2) is 7.73. The van der Waals surface area contributed by atoms with Gasteiger partial charge in [-0.3, -0.25) is 4.79 Å². The summed E-state index contributed by atoms with van der Waals surface area (Å²) >= 11 is 6.02. The third-order valence-corrected chi connectivity index (χ3v) is 5.48. The smallest absolute Gasteiger partial charge is 0.326 e. The summed E-state index contributed by atoms with van der Waals surface area (Å²) in [7, 11) is 0. The lowest BCUT2D eigenvalue weighted by Crippen LogP contribution is -2.26. The molecule has 0 unspecified atom stereocenters. The van der Waals surface area contributed by atoms with Crippen molar-refractivity contribution in [2.75, 3.05) is 0 Å². The van der Waals surface area contributed by atoms with E-state index in [1.165, 1.54) is 6.42 Å². The number of hydrogen-bond donors (Lipinski definition) is 0. The molecule has 1 saturated carbocycles. The van der Waals surface area contributed by atoms with Gasteiger partial charge < -0.3 is 9.30 Å². The van der Waals surface area contributed by atoms with Crippen molar-refractivity contribution in [2.45, 2.75) is 45.3 Å². The van der Waals surface area contributed by atoms with Gasteiger partial charge in [-0.2, -0.15) is 0 Å². The Balaban J connectivity index is 1.62. The van der Waals surface area contributed by atoms with Gasteiger partial charge >= 0.3 is 5.97 Å². The van der Waals surface area contributed by atoms with Gasteiger partial charge in [-0.05, 0) is 61.6 Å². The maximum atomic E-state index is 12.7. The molecule has 0 saturated heterocycles. The van der Waals surface area contributed by atoms with E-state index in [9.17, 15) is 4.79 Å². The molecular formula is C22H23ClN2O2. The first-order valence-electron chi connectivity index (χ1n) is 9.51. The maximum absolute atomic E-state index is 12.7. The van der Waals surface area contributed by atoms with Gasteiger partial charge in [-0.25, -0.2) is 4.98 Å². The van der Waals surface area contributed by atoms with Crippen LogP contribution in [0.2, 0.25) is 5.02 Å². The molecule has 0 aliphatic heterocycles. The van der Waals surface area contributed by atoms with Crippen LogP contribution in [0, 0.1) is 5.92 Å². The molecule has 3 aromatic rings. The predicted octanol–water partition coefficient (Wildman–Crippen LogP) is 5.48. The van der Waals surface area contributed by atoms with E-state index < -0.39 is 0 Å². The fourth-order valence-electron chi connectivity index (χ4n) is 3.89. The highest BCUT2D eigenvalue weighted by atomic mass is 35.5. The molecule has 140 valence electrons. The molecule has 1 fully saturated rings. The van der Waals surface area contributed by atoms with Crippen molar-refractivity contribution < 1.29 is 9.53 Å². The number of esters is 1. The number of ether oxygens (including phenoxy) is 1. The highest BCUT2D eigenvalue weighted by Crippen LogP contribution is 2.28. The molecule has 0 amide bonds. The first kappa shape index (κ1) is 18.1. The summed E-state index contributed by atoms with van der Waals surface area (Å²) in [5.74, 6) is 1.17. The Labute approximate surface area is 164 Å². The molecule has 0 N–H and O–H groups in total. The minimum atomic E-state index is -0.201. The molecule has 27 heavy (non-hydrogen) atoms. The summed E-state index contributed by atoms with van der Waals surface area (Å²) in [6.07, 6.45) is 4.31. The van der Waals surface area contributed by atoms with Crippen LogP contribution in [0.15, 0.2) is 48.5 Å². The number of benzene rings is 2. The molecule has 5 heteroatoms. The van der Waals surface area contributed by atoms with Crippen molar-refractivity contribution in [1.82, 2.24) is 9.55 Å². The minimum absolute atomic E-state index is 0.0371. The quantitative estimate of drug-likeness (QED) is 0.561. The molecule has 4 nitrogen and oxygen atoms in total. The topological polar surface area (TPSA) is 44.1 Å². The number of carbonyl (C=O) groups is 1. The van der Waals surface area contributed by atoms with E-state index in [4.69, 9.17) is 21.3 Å². The largest absolute Gasteiger partial charge is 0.461 e. The number of para-hydroxylation sites is 2. The third kappa shape index (κ3) is 4.01. The molecule has 1 aliphatic carbocycles. The molecule has 1 heterocycles. The number of fused-ring (bicyclic) bond motifs is 1. The predicted molar refractivity (Wildman–Crippen MR) is 108 cm³/mol. The van der Waals surface area contributed by atoms with Gasteiger partial charge in [0.25, 0.3) is 0 Å². The van der Waals surface area contributed by atoms with Gasteiger partial charge in [0.1, 0.15) is 18.5 Å². The molecule has 0 bridgehead atoms. The minimum Gasteiger partial charge on any atom is -0.461 e. The zero-order valence-electron chi connectivity index (χ0n) is 15.4. The Hall–Kier alpha value is -2.33. The number of imidazole rings is 1. The van der Waals surface area contributed by atoms with Crippen LogP contribution < -0.4 is 0 Å². The monoisotopic (exact) mass is 382 g/mol. The van der Waals surface area contributed by atoms with Gasteiger partial charge in [0.05, 0.1) is 11.0 Å². The van der Waals surface area contributed by atoms with Crippen LogP contribution in [0.4, 0.5) is 0 Å². The number of halogens is 1. The van der Waals surface area contributed by atoms with Crippen molar-refractivity contribution >= 4 is 28.6 Å². The van der Waals surface area contributed by atoms with Gasteiger partial charge in [0, 0.05) is 10.6 Å². The van der Waals surface area contributed by atoms with E-state index in [2.05, 4.69) is 6.92 Å². The van der Waals surface area contributed by atoms with Gasteiger partial charge in [0.15, 0.2) is 0 Å². The third-order valence-electron chi connectivity index (χ3n) is 5.23. The number of hydrogen-bond acceptors (Lipinski definition) is 3. The van der Waals surface area contributed by atoms with E-state index in [0.717, 1.165) is 41.7 Å². The van der Waals surface area contributed by atoms with E-state index in [1.807, 2.05) is 53.1 Å². The Kier molecular flexibility index (Phi) is 5.17. The van der Waals surface area contributed by atoms with Crippen molar-refractivity contribution in [3.8, 4) is 11.4 Å². The van der Waals surface area contributed by atoms with Crippen molar-refractivity contribution in [3.63, 3.8) is 0 Å². The molecule has 0 radical (unpaired) electrons. The fraction of sp³-hybridized carbons (Fsp3) is 0.364. The normalized spacial score (nSPS) is 19.9. The van der Waals surface area contributed by atoms with Crippen LogP contribution in [0.5, 0.6) is 0 Å². The van der Waals surface area contributed by atoms with E-state index in [-0.39, 0.29) is 18.6 Å². The highest BCUT2D eigenvalue weighted by Gasteiger charge is 2.23. The summed E-state index contributed by atoms with van der Waals surface area (Å²) in [4.78, 5) is 17.4. The van der Waals surface area contributed by atoms with Crippen LogP contribution in [-0.4, -0.2) is 21.6 Å². The average molecular weight is 383 g/mol. The zero-order valence-corrected chi connectivity index (χ0v) is 16.2. The Morgan fingerprint density at radius 1 is 1.19 bits per heavy atom. The number of nitrogens with zero attached hydrogens (tertiary/aromatic N) is 2. The summed E-state index contributed by atoms with van der Waals surface area (Å²) in [5, 5.41) is 0.673. The number of carbonyl (C=O) groups excluding carboxylic acids is 1. The van der Waals surface area contributed by atoms with Crippen molar-refractivity contribution in [1.29, 1.82) is 0 Å². The molecule has 1 aliphatic rings. The molecule has 0 spiro atoms. The SMILES string of the molecule is C[C@@H]1CCC[C@H](OC(=O)Cn2c(-c3ccc(Cl)cc3)nc3ccccc32)C1. The maximum Gasteiger partial charge on any atom is 0.326 e. The van der Waals surface area contributed by atoms with Gasteiger partial charge in [-0.15, -0.1) is 0 Å². The average Bonchev–Trinajstić information content (AvgIpc) is 3.01. The summed E-state index contributed by atoms with van der Waals surface area (Å²) in [6, 6.07) is 15.4. The lowest BCUT2D eigenvalue weighted by molar-refractivity contribution is -0.151. The lowest BCUT2D eigenvalue weighted by atomic mass is 9.89. The van der Waals surface area contributed by atoms with Crippen molar-refractivity contribution in [3.05, 3.63) is 53.6 Å². The van der Waals surface area contributed by atoms with E-state index in [0.29, 0.717) is 10.9 Å². The lowest BCUT2D eigenvalue weighted by Gasteiger charge is -2.26. The Morgan fingerprint density at radius 2 is 1.96 bits per heavy atom. The van der Waals surface area contributed by atoms with Crippen LogP contribution in [0.25, 0.3) is 22.4 Å². The zero-order chi connectivity index (χ0) is 18.8. The molecule has 2 aromatic carbocycles. The summed E-state index contributed by atoms with van der Waals surface area (Å²) in [6.45, 7) is 2.38. The highest BCUT2D eigenvalue weighted by molar-refractivity contribution is 6.30. The first-order chi connectivity index (χ1) is 13.1. The first-order valence-corrected chi connectivity index (χ1v) is 9.88. The standard InChI is InChI=1S/C22H23ClN2O2/c1-15-5-4-6-18(13-15)27-21(26)14-25-20-8-3-2-7-19(20)24-22(25)16-9-11-17(23)12-10-16/h2-3,7-12,15,18H,4-6,13-14H2,1H3/t15-,18+/m1/s1. The molecule has 1 aromatic heterocycles. The molecule has 4 rings (SSSR count). The Bertz CT molecular complexity index is 949. The van der Waals surface area contributed by atoms with Crippen LogP contribution in [-0.2, 0) is 16.1 Å². The summed E-state index contributed by atoms with van der Waals surface area (Å²) < 4.78 is 7.72. The summed E-state index contributed by atoms with van der Waals surface area (Å²) in [5.41, 5.74) is 2.72. The molecule has 2 atom stereocenters. The van der Waals surface area contributed by atoms with Crippen LogP contribution >= 0.6 is 11.6 Å². The second-order valence-electron chi connectivity index (χ2n) is 7.40. The van der Waals surface area contributed by atoms with Gasteiger partial charge in [0.2, 0.25) is 0 Å². The van der Waals surface area contributed by atoms with Crippen molar-refractivity contribution in [2.24, 2.45) is 5.92 Å². The number of rotatable bonds is 4. The molecular weight excluding hydrogens is 360 g/mol. The number of aromatic nitrogens is 2. The van der Waals surface area contributed by atoms with Crippen LogP contribution in [0.1, 0.15) is 32.6 Å². The Morgan fingerprint density at radius 3 is 2.74 bits per heavy atom. The second-order valence-corrected chi connectivity index (χ2v) is 7.84. The van der Waals surface area contributed by atoms with Gasteiger partial charge in [-0.1, -0.05) is 37.1 Å².